The zero-order valence-electron chi connectivity index (χ0n) is 9.93. The highest BCUT2D eigenvalue weighted by Crippen LogP contribution is 2.26. The number of hydrogen-bond donors (Lipinski definition) is 1. The predicted octanol–water partition coefficient (Wildman–Crippen LogP) is 2.74. The lowest BCUT2D eigenvalue weighted by Crippen LogP contribution is -2.23. The van der Waals surface area contributed by atoms with Crippen LogP contribution in [0.5, 0.6) is 5.75 Å². The van der Waals surface area contributed by atoms with Crippen molar-refractivity contribution in [3.05, 3.63) is 24.0 Å². The van der Waals surface area contributed by atoms with Gasteiger partial charge in [-0.3, -0.25) is 0 Å². The summed E-state index contributed by atoms with van der Waals surface area (Å²) in [6.07, 6.45) is 6.28. The Morgan fingerprint density at radius 2 is 2.06 bits per heavy atom. The van der Waals surface area contributed by atoms with Crippen molar-refractivity contribution < 1.29 is 14.6 Å². The van der Waals surface area contributed by atoms with Crippen molar-refractivity contribution in [3.8, 4) is 5.75 Å². The number of hydrogen-bond acceptors (Lipinski definition) is 3. The van der Waals surface area contributed by atoms with Crippen LogP contribution in [0, 0.1) is 5.92 Å². The fourth-order valence-corrected chi connectivity index (χ4v) is 2.12. The zero-order chi connectivity index (χ0) is 12.3. The average molecular weight is 235 g/mol. The van der Waals surface area contributed by atoms with Crippen molar-refractivity contribution in [1.29, 1.82) is 0 Å². The first-order chi connectivity index (χ1) is 8.15. The molecule has 0 aliphatic heterocycles. The molecule has 0 amide bonds. The monoisotopic (exact) mass is 235 g/mol. The summed E-state index contributed by atoms with van der Waals surface area (Å²) in [5.41, 5.74) is 0.0506. The van der Waals surface area contributed by atoms with Gasteiger partial charge >= 0.3 is 5.97 Å². The molecule has 1 fully saturated rings. The maximum Gasteiger partial charge on any atom is 0.354 e. The Bertz CT molecular complexity index is 380. The standard InChI is InChI=1S/C13H17NO3/c1-9-2-4-10(5-3-9)17-11-6-7-12(13(15)16)14-8-11/h6-10H,2-5H2,1H3,(H,15,16). The molecule has 0 saturated heterocycles. The van der Waals surface area contributed by atoms with Gasteiger partial charge in [0.05, 0.1) is 12.3 Å². The zero-order valence-corrected chi connectivity index (χ0v) is 9.93. The van der Waals surface area contributed by atoms with Crippen molar-refractivity contribution in [2.75, 3.05) is 0 Å². The first-order valence-corrected chi connectivity index (χ1v) is 6.01. The second-order valence-electron chi connectivity index (χ2n) is 4.68. The molecule has 4 heteroatoms. The smallest absolute Gasteiger partial charge is 0.354 e. The van der Waals surface area contributed by atoms with Gasteiger partial charge in [0.15, 0.2) is 0 Å². The molecule has 1 saturated carbocycles. The van der Waals surface area contributed by atoms with Crippen molar-refractivity contribution in [3.63, 3.8) is 0 Å². The second-order valence-corrected chi connectivity index (χ2v) is 4.68. The molecule has 0 spiro atoms. The van der Waals surface area contributed by atoms with E-state index in [4.69, 9.17) is 9.84 Å². The number of carboxylic acids is 1. The summed E-state index contributed by atoms with van der Waals surface area (Å²) < 4.78 is 5.78. The van der Waals surface area contributed by atoms with Crippen molar-refractivity contribution >= 4 is 5.97 Å². The van der Waals surface area contributed by atoms with Crippen LogP contribution in [0.2, 0.25) is 0 Å². The number of nitrogens with zero attached hydrogens (tertiary/aromatic N) is 1. The summed E-state index contributed by atoms with van der Waals surface area (Å²) in [7, 11) is 0. The normalized spacial score (nSPS) is 24.3. The van der Waals surface area contributed by atoms with Crippen LogP contribution >= 0.6 is 0 Å². The molecule has 0 bridgehead atoms. The van der Waals surface area contributed by atoms with E-state index in [0.29, 0.717) is 5.75 Å². The number of aromatic nitrogens is 1. The lowest BCUT2D eigenvalue weighted by atomic mass is 9.89. The number of pyridine rings is 1. The van der Waals surface area contributed by atoms with Crippen LogP contribution in [0.15, 0.2) is 18.3 Å². The Morgan fingerprint density at radius 1 is 1.35 bits per heavy atom. The molecule has 1 heterocycles. The van der Waals surface area contributed by atoms with E-state index in [-0.39, 0.29) is 11.8 Å². The molecule has 0 unspecified atom stereocenters. The lowest BCUT2D eigenvalue weighted by Gasteiger charge is -2.26. The molecule has 0 radical (unpaired) electrons. The highest BCUT2D eigenvalue weighted by molar-refractivity contribution is 5.85. The second kappa shape index (κ2) is 5.17. The van der Waals surface area contributed by atoms with E-state index in [0.717, 1.165) is 18.8 Å². The van der Waals surface area contributed by atoms with Crippen LogP contribution in [0.3, 0.4) is 0 Å². The number of carbonyl (C=O) groups is 1. The Morgan fingerprint density at radius 3 is 2.59 bits per heavy atom. The van der Waals surface area contributed by atoms with Crippen molar-refractivity contribution in [1.82, 2.24) is 4.98 Å². The van der Waals surface area contributed by atoms with E-state index in [2.05, 4.69) is 11.9 Å². The maximum atomic E-state index is 10.6. The van der Waals surface area contributed by atoms with E-state index in [1.807, 2.05) is 0 Å². The van der Waals surface area contributed by atoms with Gasteiger partial charge in [-0.1, -0.05) is 6.92 Å². The Kier molecular flexibility index (Phi) is 3.61. The molecule has 1 N–H and O–H groups in total. The van der Waals surface area contributed by atoms with Gasteiger partial charge in [-0.25, -0.2) is 9.78 Å². The molecule has 2 rings (SSSR count). The third kappa shape index (κ3) is 3.19. The first-order valence-electron chi connectivity index (χ1n) is 6.01. The summed E-state index contributed by atoms with van der Waals surface area (Å²) in [6, 6.07) is 3.15. The van der Waals surface area contributed by atoms with Crippen LogP contribution in [0.4, 0.5) is 0 Å². The maximum absolute atomic E-state index is 10.6. The summed E-state index contributed by atoms with van der Waals surface area (Å²) >= 11 is 0. The number of carboxylic acid groups (broad SMARTS) is 1. The van der Waals surface area contributed by atoms with Crippen LogP contribution in [-0.4, -0.2) is 22.2 Å². The SMILES string of the molecule is CC1CCC(Oc2ccc(C(=O)O)nc2)CC1. The van der Waals surface area contributed by atoms with Gasteiger partial charge in [0.2, 0.25) is 0 Å². The van der Waals surface area contributed by atoms with Gasteiger partial charge in [0.1, 0.15) is 11.4 Å². The summed E-state index contributed by atoms with van der Waals surface area (Å²) in [4.78, 5) is 14.5. The van der Waals surface area contributed by atoms with E-state index >= 15 is 0 Å². The predicted molar refractivity (Wildman–Crippen MR) is 63.2 cm³/mol. The van der Waals surface area contributed by atoms with Crippen LogP contribution < -0.4 is 4.74 Å². The van der Waals surface area contributed by atoms with Gasteiger partial charge in [-0.2, -0.15) is 0 Å². The summed E-state index contributed by atoms with van der Waals surface area (Å²) in [5, 5.41) is 8.72. The van der Waals surface area contributed by atoms with Crippen molar-refractivity contribution in [2.45, 2.75) is 38.7 Å². The molecule has 4 nitrogen and oxygen atoms in total. The highest BCUT2D eigenvalue weighted by atomic mass is 16.5. The van der Waals surface area contributed by atoms with Crippen LogP contribution in [0.1, 0.15) is 43.1 Å². The van der Waals surface area contributed by atoms with Gasteiger partial charge < -0.3 is 9.84 Å². The van der Waals surface area contributed by atoms with E-state index in [1.54, 1.807) is 6.07 Å². The number of aromatic carboxylic acids is 1. The number of ether oxygens (including phenoxy) is 1. The molecule has 0 aromatic carbocycles. The summed E-state index contributed by atoms with van der Waals surface area (Å²) in [5.74, 6) is 0.444. The Hall–Kier alpha value is -1.58. The van der Waals surface area contributed by atoms with E-state index in [1.165, 1.54) is 25.1 Å². The van der Waals surface area contributed by atoms with E-state index < -0.39 is 5.97 Å². The molecular weight excluding hydrogens is 218 g/mol. The fraction of sp³-hybridized carbons (Fsp3) is 0.538. The molecule has 1 aromatic rings. The summed E-state index contributed by atoms with van der Waals surface area (Å²) in [6.45, 7) is 2.26. The van der Waals surface area contributed by atoms with Crippen LogP contribution in [0.25, 0.3) is 0 Å². The molecule has 1 aromatic heterocycles. The fourth-order valence-electron chi connectivity index (χ4n) is 2.12. The molecule has 1 aliphatic carbocycles. The first kappa shape index (κ1) is 11.9. The molecule has 0 atom stereocenters. The highest BCUT2D eigenvalue weighted by Gasteiger charge is 2.19. The lowest BCUT2D eigenvalue weighted by molar-refractivity contribution is 0.0690. The third-order valence-electron chi connectivity index (χ3n) is 3.22. The molecule has 1 aliphatic rings. The average Bonchev–Trinajstić information content (AvgIpc) is 2.33. The van der Waals surface area contributed by atoms with Gasteiger partial charge in [0.25, 0.3) is 0 Å². The quantitative estimate of drug-likeness (QED) is 0.875. The van der Waals surface area contributed by atoms with Gasteiger partial charge in [-0.15, -0.1) is 0 Å². The molecule has 17 heavy (non-hydrogen) atoms. The Labute approximate surface area is 101 Å². The largest absolute Gasteiger partial charge is 0.489 e. The van der Waals surface area contributed by atoms with Crippen molar-refractivity contribution in [2.24, 2.45) is 5.92 Å². The molecular formula is C13H17NO3. The van der Waals surface area contributed by atoms with Gasteiger partial charge in [-0.05, 0) is 43.7 Å². The van der Waals surface area contributed by atoms with Crippen LogP contribution in [-0.2, 0) is 0 Å². The minimum atomic E-state index is -1.01. The Balaban J connectivity index is 1.92. The molecule has 92 valence electrons. The minimum Gasteiger partial charge on any atom is -0.489 e. The third-order valence-corrected chi connectivity index (χ3v) is 3.22. The number of rotatable bonds is 3. The topological polar surface area (TPSA) is 59.4 Å². The minimum absolute atomic E-state index is 0.0506. The van der Waals surface area contributed by atoms with E-state index in [9.17, 15) is 4.79 Å². The van der Waals surface area contributed by atoms with Gasteiger partial charge in [0, 0.05) is 0 Å².